The Kier molecular flexibility index (Phi) is 6.43. The topological polar surface area (TPSA) is 57.7 Å². The highest BCUT2D eigenvalue weighted by molar-refractivity contribution is 5.74. The zero-order valence-corrected chi connectivity index (χ0v) is 14.3. The van der Waals surface area contributed by atoms with E-state index < -0.39 is 0 Å². The molecule has 0 unspecified atom stereocenters. The number of hydrogen-bond acceptors (Lipinski definition) is 4. The number of aromatic nitrogens is 1. The van der Waals surface area contributed by atoms with E-state index in [0.717, 1.165) is 52.2 Å². The third kappa shape index (κ3) is 4.68. The fourth-order valence-electron chi connectivity index (χ4n) is 3.53. The Morgan fingerprint density at radius 3 is 2.75 bits per heavy atom. The molecule has 3 rings (SSSR count). The van der Waals surface area contributed by atoms with Gasteiger partial charge in [0.1, 0.15) is 0 Å². The van der Waals surface area contributed by atoms with Gasteiger partial charge in [0.25, 0.3) is 0 Å². The monoisotopic (exact) mass is 332 g/mol. The van der Waals surface area contributed by atoms with Crippen LogP contribution < -0.4 is 5.32 Å². The molecule has 0 radical (unpaired) electrons. The van der Waals surface area contributed by atoms with E-state index in [1.165, 1.54) is 18.4 Å². The fraction of sp³-hybridized carbons (Fsp3) is 0.667. The van der Waals surface area contributed by atoms with Gasteiger partial charge in [-0.2, -0.15) is 0 Å². The van der Waals surface area contributed by atoms with Crippen molar-refractivity contribution in [2.24, 2.45) is 0 Å². The molecule has 0 saturated carbocycles. The molecule has 6 heteroatoms. The minimum absolute atomic E-state index is 0.0620. The second kappa shape index (κ2) is 8.99. The first kappa shape index (κ1) is 17.2. The number of ether oxygens (including phenoxy) is 1. The quantitative estimate of drug-likeness (QED) is 0.917. The van der Waals surface area contributed by atoms with Crippen LogP contribution in [-0.4, -0.2) is 66.8 Å². The number of carbonyl (C=O) groups is 1. The van der Waals surface area contributed by atoms with Crippen LogP contribution in [0.1, 0.15) is 37.3 Å². The molecule has 132 valence electrons. The van der Waals surface area contributed by atoms with Gasteiger partial charge in [0.2, 0.25) is 0 Å². The molecular weight excluding hydrogens is 304 g/mol. The first-order valence-electron chi connectivity index (χ1n) is 9.09. The number of pyridine rings is 1. The van der Waals surface area contributed by atoms with Crippen molar-refractivity contribution in [3.8, 4) is 0 Å². The smallest absolute Gasteiger partial charge is 0.317 e. The lowest BCUT2D eigenvalue weighted by molar-refractivity contribution is 0.0385. The third-order valence-electron chi connectivity index (χ3n) is 4.91. The number of carbonyl (C=O) groups excluding carboxylic acids is 1. The van der Waals surface area contributed by atoms with E-state index in [0.29, 0.717) is 6.54 Å². The van der Waals surface area contributed by atoms with E-state index in [1.807, 2.05) is 29.4 Å². The van der Waals surface area contributed by atoms with Crippen LogP contribution in [0.2, 0.25) is 0 Å². The van der Waals surface area contributed by atoms with Gasteiger partial charge in [0.05, 0.1) is 19.3 Å². The molecule has 6 nitrogen and oxygen atoms in total. The van der Waals surface area contributed by atoms with Crippen molar-refractivity contribution in [2.45, 2.75) is 31.7 Å². The van der Waals surface area contributed by atoms with Crippen LogP contribution >= 0.6 is 0 Å². The molecule has 2 saturated heterocycles. The average molecular weight is 332 g/mol. The lowest BCUT2D eigenvalue weighted by Gasteiger charge is -2.31. The molecule has 0 spiro atoms. The van der Waals surface area contributed by atoms with E-state index in [1.54, 1.807) is 0 Å². The number of amides is 2. The lowest BCUT2D eigenvalue weighted by Crippen LogP contribution is -2.46. The minimum atomic E-state index is 0.0620. The van der Waals surface area contributed by atoms with Gasteiger partial charge in [-0.15, -0.1) is 0 Å². The van der Waals surface area contributed by atoms with Crippen LogP contribution in [0.15, 0.2) is 24.5 Å². The molecule has 0 aliphatic carbocycles. The average Bonchev–Trinajstić information content (AvgIpc) is 2.89. The Bertz CT molecular complexity index is 505. The molecule has 2 aliphatic heterocycles. The van der Waals surface area contributed by atoms with Crippen molar-refractivity contribution in [3.05, 3.63) is 30.1 Å². The van der Waals surface area contributed by atoms with Crippen LogP contribution in [0.5, 0.6) is 0 Å². The van der Waals surface area contributed by atoms with Crippen molar-refractivity contribution in [3.63, 3.8) is 0 Å². The molecule has 1 aromatic heterocycles. The Balaban J connectivity index is 1.55. The van der Waals surface area contributed by atoms with Crippen molar-refractivity contribution >= 4 is 6.03 Å². The number of nitrogens with one attached hydrogen (secondary N) is 1. The van der Waals surface area contributed by atoms with Gasteiger partial charge in [-0.1, -0.05) is 12.8 Å². The van der Waals surface area contributed by atoms with Gasteiger partial charge in [-0.05, 0) is 30.5 Å². The Labute approximate surface area is 144 Å². The highest BCUT2D eigenvalue weighted by Gasteiger charge is 2.26. The van der Waals surface area contributed by atoms with E-state index in [-0.39, 0.29) is 12.1 Å². The number of nitrogens with zero attached hydrogens (tertiary/aromatic N) is 3. The molecule has 1 aromatic rings. The van der Waals surface area contributed by atoms with Crippen molar-refractivity contribution < 1.29 is 9.53 Å². The van der Waals surface area contributed by atoms with Crippen molar-refractivity contribution in [2.75, 3.05) is 45.9 Å². The third-order valence-corrected chi connectivity index (χ3v) is 4.91. The predicted octanol–water partition coefficient (Wildman–Crippen LogP) is 2.04. The molecule has 2 aliphatic rings. The molecule has 3 heterocycles. The number of likely N-dealkylation sites (tertiary alicyclic amines) is 1. The van der Waals surface area contributed by atoms with E-state index in [4.69, 9.17) is 4.74 Å². The van der Waals surface area contributed by atoms with Crippen LogP contribution in [0.4, 0.5) is 4.79 Å². The molecule has 0 aromatic carbocycles. The summed E-state index contributed by atoms with van der Waals surface area (Å²) in [7, 11) is 0. The molecular formula is C18H28N4O2. The van der Waals surface area contributed by atoms with Gasteiger partial charge in [0.15, 0.2) is 0 Å². The summed E-state index contributed by atoms with van der Waals surface area (Å²) in [6, 6.07) is 4.29. The van der Waals surface area contributed by atoms with Gasteiger partial charge in [-0.25, -0.2) is 4.79 Å². The molecule has 1 N–H and O–H groups in total. The number of rotatable bonds is 4. The SMILES string of the molecule is O=C(NCCN1CCOCC1)N1CCCCC[C@@H]1c1ccncc1. The van der Waals surface area contributed by atoms with Gasteiger partial charge in [-0.3, -0.25) is 9.88 Å². The lowest BCUT2D eigenvalue weighted by atomic mass is 10.0. The Morgan fingerprint density at radius 2 is 1.96 bits per heavy atom. The first-order chi connectivity index (χ1) is 11.8. The Morgan fingerprint density at radius 1 is 1.17 bits per heavy atom. The summed E-state index contributed by atoms with van der Waals surface area (Å²) in [6.07, 6.45) is 8.10. The highest BCUT2D eigenvalue weighted by Crippen LogP contribution is 2.29. The summed E-state index contributed by atoms with van der Waals surface area (Å²) in [5.74, 6) is 0. The van der Waals surface area contributed by atoms with Crippen molar-refractivity contribution in [1.82, 2.24) is 20.1 Å². The summed E-state index contributed by atoms with van der Waals surface area (Å²) in [5.41, 5.74) is 1.19. The molecule has 2 fully saturated rings. The van der Waals surface area contributed by atoms with E-state index >= 15 is 0 Å². The van der Waals surface area contributed by atoms with Crippen LogP contribution in [0, 0.1) is 0 Å². The maximum atomic E-state index is 12.7. The van der Waals surface area contributed by atoms with E-state index in [2.05, 4.69) is 15.2 Å². The van der Waals surface area contributed by atoms with Crippen molar-refractivity contribution in [1.29, 1.82) is 0 Å². The second-order valence-corrected chi connectivity index (χ2v) is 6.53. The summed E-state index contributed by atoms with van der Waals surface area (Å²) < 4.78 is 5.36. The van der Waals surface area contributed by atoms with Gasteiger partial charge in [0, 0.05) is 45.1 Å². The molecule has 1 atom stereocenters. The standard InChI is InChI=1S/C18H28N4O2/c23-18(20-9-11-21-12-14-24-15-13-21)22-10-3-1-2-4-17(22)16-5-7-19-8-6-16/h5-8,17H,1-4,9-15H2,(H,20,23)/t17-/m1/s1. The van der Waals surface area contributed by atoms with Crippen LogP contribution in [0.25, 0.3) is 0 Å². The second-order valence-electron chi connectivity index (χ2n) is 6.53. The highest BCUT2D eigenvalue weighted by atomic mass is 16.5. The first-order valence-corrected chi connectivity index (χ1v) is 9.09. The zero-order chi connectivity index (χ0) is 16.6. The largest absolute Gasteiger partial charge is 0.379 e. The maximum absolute atomic E-state index is 12.7. The summed E-state index contributed by atoms with van der Waals surface area (Å²) >= 11 is 0. The Hall–Kier alpha value is -1.66. The van der Waals surface area contributed by atoms with Crippen LogP contribution in [-0.2, 0) is 4.74 Å². The number of hydrogen-bond donors (Lipinski definition) is 1. The molecule has 2 amide bonds. The van der Waals surface area contributed by atoms with Gasteiger partial charge >= 0.3 is 6.03 Å². The normalized spacial score (nSPS) is 22.8. The van der Waals surface area contributed by atoms with E-state index in [9.17, 15) is 4.79 Å². The maximum Gasteiger partial charge on any atom is 0.317 e. The molecule has 24 heavy (non-hydrogen) atoms. The number of urea groups is 1. The van der Waals surface area contributed by atoms with Gasteiger partial charge < -0.3 is 15.0 Å². The predicted molar refractivity (Wildman–Crippen MR) is 92.8 cm³/mol. The minimum Gasteiger partial charge on any atom is -0.379 e. The fourth-order valence-corrected chi connectivity index (χ4v) is 3.53. The number of morpholine rings is 1. The zero-order valence-electron chi connectivity index (χ0n) is 14.3. The summed E-state index contributed by atoms with van der Waals surface area (Å²) in [6.45, 7) is 5.92. The van der Waals surface area contributed by atoms with Crippen LogP contribution in [0.3, 0.4) is 0 Å². The molecule has 0 bridgehead atoms. The summed E-state index contributed by atoms with van der Waals surface area (Å²) in [4.78, 5) is 21.2. The summed E-state index contributed by atoms with van der Waals surface area (Å²) in [5, 5.41) is 3.12.